The lowest BCUT2D eigenvalue weighted by Crippen LogP contribution is -2.35. The number of carbonyl (C=O) groups excluding carboxylic acids is 1. The number of benzene rings is 3. The maximum Gasteiger partial charge on any atom is 0.410 e. The van der Waals surface area contributed by atoms with Crippen LogP contribution in [0, 0.1) is 0 Å². The first-order valence-corrected chi connectivity index (χ1v) is 13.1. The number of carbonyl (C=O) groups is 1. The zero-order valence-corrected chi connectivity index (χ0v) is 21.7. The quantitative estimate of drug-likeness (QED) is 0.298. The van der Waals surface area contributed by atoms with Gasteiger partial charge in [0, 0.05) is 26.0 Å². The smallest absolute Gasteiger partial charge is 0.410 e. The number of amides is 1. The van der Waals surface area contributed by atoms with Gasteiger partial charge >= 0.3 is 6.09 Å². The monoisotopic (exact) mass is 501 g/mol. The Kier molecular flexibility index (Phi) is 7.65. The van der Waals surface area contributed by atoms with Crippen molar-refractivity contribution in [2.24, 2.45) is 0 Å². The topological polar surface area (TPSA) is 57.2 Å². The molecule has 0 bridgehead atoms. The predicted molar refractivity (Wildman–Crippen MR) is 142 cm³/mol. The van der Waals surface area contributed by atoms with Crippen LogP contribution in [0.25, 0.3) is 0 Å². The molecule has 0 aromatic heterocycles. The van der Waals surface area contributed by atoms with E-state index < -0.39 is 5.79 Å². The lowest BCUT2D eigenvalue weighted by Gasteiger charge is -2.32. The van der Waals surface area contributed by atoms with Gasteiger partial charge in [0.15, 0.2) is 0 Å². The first-order valence-electron chi connectivity index (χ1n) is 13.1. The summed E-state index contributed by atoms with van der Waals surface area (Å²) in [5.41, 5.74) is 4.48. The van der Waals surface area contributed by atoms with Crippen LogP contribution in [0.4, 0.5) is 4.79 Å². The molecule has 2 heterocycles. The molecule has 1 saturated heterocycles. The Labute approximate surface area is 219 Å². The molecular weight excluding hydrogens is 466 g/mol. The molecule has 37 heavy (non-hydrogen) atoms. The highest BCUT2D eigenvalue weighted by Gasteiger charge is 2.33. The second kappa shape index (κ2) is 11.3. The molecule has 0 N–H and O–H groups in total. The number of hydrogen-bond acceptors (Lipinski definition) is 5. The molecule has 1 atom stereocenters. The lowest BCUT2D eigenvalue weighted by atomic mass is 10.0. The third kappa shape index (κ3) is 6.63. The molecule has 5 rings (SSSR count). The molecule has 2 aliphatic heterocycles. The van der Waals surface area contributed by atoms with Crippen molar-refractivity contribution in [3.8, 4) is 11.5 Å². The second-order valence-corrected chi connectivity index (χ2v) is 10.2. The summed E-state index contributed by atoms with van der Waals surface area (Å²) in [4.78, 5) is 14.3. The van der Waals surface area contributed by atoms with Gasteiger partial charge in [-0.3, -0.25) is 0 Å². The molecule has 2 aliphatic rings. The van der Waals surface area contributed by atoms with Crippen molar-refractivity contribution in [2.75, 3.05) is 19.7 Å². The Hall–Kier alpha value is -3.51. The molecule has 0 saturated carbocycles. The number of hydrogen-bond donors (Lipinski definition) is 0. The van der Waals surface area contributed by atoms with Crippen LogP contribution in [0.3, 0.4) is 0 Å². The summed E-state index contributed by atoms with van der Waals surface area (Å²) in [6.07, 6.45) is 3.42. The van der Waals surface area contributed by atoms with Gasteiger partial charge in [-0.05, 0) is 66.6 Å². The number of rotatable bonds is 10. The normalized spacial score (nSPS) is 18.2. The van der Waals surface area contributed by atoms with Crippen LogP contribution in [0.5, 0.6) is 11.5 Å². The van der Waals surface area contributed by atoms with Crippen molar-refractivity contribution in [2.45, 2.75) is 58.0 Å². The van der Waals surface area contributed by atoms with Crippen LogP contribution in [-0.4, -0.2) is 36.5 Å². The Balaban J connectivity index is 1.05. The van der Waals surface area contributed by atoms with E-state index in [4.69, 9.17) is 18.9 Å². The number of aryl methyl sites for hydroxylation is 1. The summed E-state index contributed by atoms with van der Waals surface area (Å²) in [5.74, 6) is 1.08. The van der Waals surface area contributed by atoms with E-state index in [9.17, 15) is 4.79 Å². The molecule has 194 valence electrons. The third-order valence-corrected chi connectivity index (χ3v) is 6.84. The van der Waals surface area contributed by atoms with Gasteiger partial charge in [-0.25, -0.2) is 4.79 Å². The molecule has 0 unspecified atom stereocenters. The highest BCUT2D eigenvalue weighted by Crippen LogP contribution is 2.35. The van der Waals surface area contributed by atoms with Crippen LogP contribution < -0.4 is 9.47 Å². The zero-order chi connectivity index (χ0) is 25.7. The Morgan fingerprint density at radius 1 is 0.946 bits per heavy atom. The summed E-state index contributed by atoms with van der Waals surface area (Å²) in [5, 5.41) is 0. The fourth-order valence-electron chi connectivity index (χ4n) is 4.70. The van der Waals surface area contributed by atoms with E-state index in [0.717, 1.165) is 48.3 Å². The minimum atomic E-state index is -0.627. The Morgan fingerprint density at radius 2 is 1.73 bits per heavy atom. The standard InChI is InChI=1S/C31H35NO5/c1-31(2)35-22-26-20-25(13-16-28(26)37-31)29-21-32(30(33)36-29)18-17-24-11-14-27(15-12-24)34-19-7-6-10-23-8-4-3-5-9-23/h3-5,8-9,11-16,20,29H,6-7,10,17-19,21-22H2,1-2H3/t29-/m0/s1. The molecular formula is C31H35NO5. The molecule has 0 aliphatic carbocycles. The number of ether oxygens (including phenoxy) is 4. The minimum Gasteiger partial charge on any atom is -0.494 e. The van der Waals surface area contributed by atoms with E-state index in [0.29, 0.717) is 26.3 Å². The van der Waals surface area contributed by atoms with Crippen molar-refractivity contribution >= 4 is 6.09 Å². The summed E-state index contributed by atoms with van der Waals surface area (Å²) in [6.45, 7) is 6.14. The highest BCUT2D eigenvalue weighted by atomic mass is 16.7. The van der Waals surface area contributed by atoms with Gasteiger partial charge in [-0.2, -0.15) is 0 Å². The average Bonchev–Trinajstić information content (AvgIpc) is 3.28. The predicted octanol–water partition coefficient (Wildman–Crippen LogP) is 6.47. The highest BCUT2D eigenvalue weighted by molar-refractivity contribution is 5.70. The summed E-state index contributed by atoms with van der Waals surface area (Å²) in [6, 6.07) is 24.7. The van der Waals surface area contributed by atoms with Crippen LogP contribution in [-0.2, 0) is 28.9 Å². The fourth-order valence-corrected chi connectivity index (χ4v) is 4.70. The average molecular weight is 502 g/mol. The first-order chi connectivity index (χ1) is 17.9. The molecule has 0 spiro atoms. The van der Waals surface area contributed by atoms with Gasteiger partial charge in [0.05, 0.1) is 19.8 Å². The summed E-state index contributed by atoms with van der Waals surface area (Å²) < 4.78 is 23.2. The van der Waals surface area contributed by atoms with E-state index in [1.807, 2.05) is 50.2 Å². The molecule has 3 aromatic rings. The van der Waals surface area contributed by atoms with E-state index in [-0.39, 0.29) is 12.2 Å². The molecule has 1 amide bonds. The maximum atomic E-state index is 12.5. The van der Waals surface area contributed by atoms with Crippen molar-refractivity contribution in [3.05, 3.63) is 95.1 Å². The largest absolute Gasteiger partial charge is 0.494 e. The summed E-state index contributed by atoms with van der Waals surface area (Å²) >= 11 is 0. The van der Waals surface area contributed by atoms with Crippen LogP contribution in [0.1, 0.15) is 55.0 Å². The number of cyclic esters (lactones) is 1. The zero-order valence-electron chi connectivity index (χ0n) is 21.7. The first kappa shape index (κ1) is 25.2. The van der Waals surface area contributed by atoms with Crippen LogP contribution in [0.2, 0.25) is 0 Å². The molecule has 0 radical (unpaired) electrons. The van der Waals surface area contributed by atoms with Crippen molar-refractivity contribution in [3.63, 3.8) is 0 Å². The maximum absolute atomic E-state index is 12.5. The SMILES string of the molecule is CC1(C)OCc2cc([C@@H]3CN(CCc4ccc(OCCCCc5ccccc5)cc4)C(=O)O3)ccc2O1. The fraction of sp³-hybridized carbons (Fsp3) is 0.387. The molecule has 3 aromatic carbocycles. The molecule has 6 nitrogen and oxygen atoms in total. The Morgan fingerprint density at radius 3 is 2.54 bits per heavy atom. The second-order valence-electron chi connectivity index (χ2n) is 10.2. The Bertz CT molecular complexity index is 1190. The van der Waals surface area contributed by atoms with Gasteiger partial charge in [-0.1, -0.05) is 48.5 Å². The number of nitrogens with zero attached hydrogens (tertiary/aromatic N) is 1. The number of unbranched alkanes of at least 4 members (excludes halogenated alkanes) is 1. The van der Waals surface area contributed by atoms with Gasteiger partial charge in [0.2, 0.25) is 5.79 Å². The third-order valence-electron chi connectivity index (χ3n) is 6.84. The molecule has 1 fully saturated rings. The van der Waals surface area contributed by atoms with Gasteiger partial charge < -0.3 is 23.8 Å². The van der Waals surface area contributed by atoms with Crippen molar-refractivity contribution < 1.29 is 23.7 Å². The van der Waals surface area contributed by atoms with Crippen LogP contribution in [0.15, 0.2) is 72.8 Å². The van der Waals surface area contributed by atoms with Crippen LogP contribution >= 0.6 is 0 Å². The number of fused-ring (bicyclic) bond motifs is 1. The van der Waals surface area contributed by atoms with Gasteiger partial charge in [0.25, 0.3) is 0 Å². The van der Waals surface area contributed by atoms with E-state index in [1.165, 1.54) is 11.1 Å². The molecule has 6 heteroatoms. The van der Waals surface area contributed by atoms with Crippen molar-refractivity contribution in [1.82, 2.24) is 4.90 Å². The van der Waals surface area contributed by atoms with Gasteiger partial charge in [0.1, 0.15) is 17.6 Å². The summed E-state index contributed by atoms with van der Waals surface area (Å²) in [7, 11) is 0. The lowest BCUT2D eigenvalue weighted by molar-refractivity contribution is -0.180. The minimum absolute atomic E-state index is 0.271. The van der Waals surface area contributed by atoms with E-state index in [1.54, 1.807) is 4.90 Å². The van der Waals surface area contributed by atoms with Crippen molar-refractivity contribution in [1.29, 1.82) is 0 Å². The van der Waals surface area contributed by atoms with Gasteiger partial charge in [-0.15, -0.1) is 0 Å². The van der Waals surface area contributed by atoms with E-state index in [2.05, 4.69) is 36.4 Å². The van der Waals surface area contributed by atoms with E-state index >= 15 is 0 Å².